The van der Waals surface area contributed by atoms with E-state index in [0.29, 0.717) is 15.9 Å². The first kappa shape index (κ1) is 25.8. The van der Waals surface area contributed by atoms with Crippen molar-refractivity contribution in [2.24, 2.45) is 0 Å². The van der Waals surface area contributed by atoms with E-state index in [1.807, 2.05) is 0 Å². The number of carboxylic acids is 1. The van der Waals surface area contributed by atoms with Crippen molar-refractivity contribution in [3.63, 3.8) is 0 Å². The summed E-state index contributed by atoms with van der Waals surface area (Å²) in [5.74, 6) is -3.19. The van der Waals surface area contributed by atoms with Crippen molar-refractivity contribution in [3.05, 3.63) is 78.4 Å². The molecule has 2 aromatic heterocycles. The Bertz CT molecular complexity index is 1640. The van der Waals surface area contributed by atoms with Gasteiger partial charge in [-0.15, -0.1) is 11.3 Å². The lowest BCUT2D eigenvalue weighted by molar-refractivity contribution is -0.138. The van der Waals surface area contributed by atoms with Crippen molar-refractivity contribution in [2.45, 2.75) is 12.8 Å². The Hall–Kier alpha value is -4.33. The average Bonchev–Trinajstić information content (AvgIpc) is 3.27. The first-order chi connectivity index (χ1) is 17.5. The molecule has 0 aliphatic carbocycles. The number of aromatic carboxylic acids is 1. The minimum absolute atomic E-state index is 0.0464. The molecule has 0 aliphatic heterocycles. The number of aromatic amines is 1. The second-order valence-corrected chi connectivity index (χ2v) is 8.34. The van der Waals surface area contributed by atoms with E-state index in [-0.39, 0.29) is 38.6 Å². The number of H-pyrrole nitrogens is 1. The molecule has 4 aromatic rings. The summed E-state index contributed by atoms with van der Waals surface area (Å²) in [6, 6.07) is 4.97. The fraction of sp³-hybridized carbons (Fsp3) is 0.174. The summed E-state index contributed by atoms with van der Waals surface area (Å²) in [5.41, 5.74) is -4.25. The van der Waals surface area contributed by atoms with Crippen molar-refractivity contribution in [1.29, 1.82) is 0 Å². The van der Waals surface area contributed by atoms with Gasteiger partial charge in [-0.3, -0.25) is 4.79 Å². The molecule has 2 N–H and O–H groups in total. The van der Waals surface area contributed by atoms with Gasteiger partial charge in [-0.25, -0.2) is 18.5 Å². The number of ether oxygens (including phenoxy) is 3. The van der Waals surface area contributed by atoms with Gasteiger partial charge in [-0.05, 0) is 12.1 Å². The van der Waals surface area contributed by atoms with Crippen LogP contribution in [0.1, 0.15) is 20.8 Å². The van der Waals surface area contributed by atoms with Crippen molar-refractivity contribution in [1.82, 2.24) is 9.55 Å². The first-order valence-electron chi connectivity index (χ1n) is 10.2. The molecular weight excluding hydrogens is 524 g/mol. The van der Waals surface area contributed by atoms with E-state index < -0.39 is 47.1 Å². The molecule has 0 aliphatic rings. The minimum Gasteiger partial charge on any atom is -0.496 e. The monoisotopic (exact) mass is 540 g/mol. The van der Waals surface area contributed by atoms with Crippen molar-refractivity contribution in [3.8, 4) is 22.9 Å². The van der Waals surface area contributed by atoms with Crippen LogP contribution in [0.5, 0.6) is 17.2 Å². The Labute approximate surface area is 208 Å². The van der Waals surface area contributed by atoms with Crippen LogP contribution in [0.4, 0.5) is 17.6 Å². The number of alkyl halides is 3. The summed E-state index contributed by atoms with van der Waals surface area (Å²) in [6.45, 7) is -0.696. The van der Waals surface area contributed by atoms with E-state index in [4.69, 9.17) is 14.2 Å². The lowest BCUT2D eigenvalue weighted by Crippen LogP contribution is -2.34. The highest BCUT2D eigenvalue weighted by Crippen LogP contribution is 2.38. The average molecular weight is 540 g/mol. The minimum atomic E-state index is -4.73. The van der Waals surface area contributed by atoms with Crippen LogP contribution in [0.15, 0.2) is 45.3 Å². The van der Waals surface area contributed by atoms with E-state index in [9.17, 15) is 32.7 Å². The molecule has 0 saturated heterocycles. The number of halogens is 4. The molecule has 4 rings (SSSR count). The number of aromatic nitrogens is 2. The number of fused-ring (bicyclic) bond motifs is 1. The number of benzene rings is 2. The highest BCUT2D eigenvalue weighted by atomic mass is 32.1. The number of nitrogens with zero attached hydrogens (tertiary/aromatic N) is 1. The topological polar surface area (TPSA) is 120 Å². The fourth-order valence-electron chi connectivity index (χ4n) is 3.70. The molecule has 0 unspecified atom stereocenters. The smallest absolute Gasteiger partial charge is 0.416 e. The third kappa shape index (κ3) is 4.62. The third-order valence-corrected chi connectivity index (χ3v) is 6.32. The maximum atomic E-state index is 15.0. The molecule has 0 saturated carbocycles. The molecule has 0 bridgehead atoms. The molecule has 2 heterocycles. The van der Waals surface area contributed by atoms with E-state index in [2.05, 4.69) is 4.98 Å². The molecule has 194 valence electrons. The summed E-state index contributed by atoms with van der Waals surface area (Å²) in [6.07, 6.45) is -4.73. The summed E-state index contributed by atoms with van der Waals surface area (Å²) in [5, 5.41) is 10.3. The number of carbonyl (C=O) groups is 1. The highest BCUT2D eigenvalue weighted by Gasteiger charge is 2.35. The largest absolute Gasteiger partial charge is 0.496 e. The van der Waals surface area contributed by atoms with Crippen molar-refractivity contribution < 1.29 is 41.7 Å². The predicted molar refractivity (Wildman–Crippen MR) is 124 cm³/mol. The Kier molecular flexibility index (Phi) is 6.69. The zero-order valence-corrected chi connectivity index (χ0v) is 19.8. The van der Waals surface area contributed by atoms with Gasteiger partial charge in [-0.1, -0.05) is 6.07 Å². The van der Waals surface area contributed by atoms with Crippen LogP contribution in [0.2, 0.25) is 0 Å². The molecule has 0 amide bonds. The quantitative estimate of drug-likeness (QED) is 0.337. The van der Waals surface area contributed by atoms with Crippen LogP contribution in [0.25, 0.3) is 16.6 Å². The molecule has 37 heavy (non-hydrogen) atoms. The van der Waals surface area contributed by atoms with Gasteiger partial charge in [0.2, 0.25) is 0 Å². The standard InChI is InChI=1S/C23H16F4N2O7S/c1-34-15-5-3-4-11(23(25,26)27)10(15)8-36-17-7-14(12(24)6-16(17)35-2)29-20(30)18-13(28-22(29)33)9-37-19(18)21(31)32/h3-7,9H,8H2,1-2H3,(H,28,33)(H,31,32). The Morgan fingerprint density at radius 3 is 2.43 bits per heavy atom. The summed E-state index contributed by atoms with van der Waals surface area (Å²) >= 11 is 0.698. The maximum absolute atomic E-state index is 15.0. The molecule has 9 nitrogen and oxygen atoms in total. The summed E-state index contributed by atoms with van der Waals surface area (Å²) in [7, 11) is 2.33. The maximum Gasteiger partial charge on any atom is 0.416 e. The van der Waals surface area contributed by atoms with E-state index in [1.165, 1.54) is 18.6 Å². The first-order valence-corrected chi connectivity index (χ1v) is 11.1. The fourth-order valence-corrected chi connectivity index (χ4v) is 4.53. The van der Waals surface area contributed by atoms with E-state index in [1.54, 1.807) is 0 Å². The SMILES string of the molecule is COc1cc(F)c(-n2c(=O)[nH]c3csc(C(=O)O)c3c2=O)cc1OCc1c(OC)cccc1C(F)(F)F. The van der Waals surface area contributed by atoms with E-state index >= 15 is 4.39 Å². The number of hydrogen-bond donors (Lipinski definition) is 2. The van der Waals surface area contributed by atoms with Gasteiger partial charge in [-0.2, -0.15) is 13.2 Å². The Balaban J connectivity index is 1.86. The van der Waals surface area contributed by atoms with E-state index in [0.717, 1.165) is 31.4 Å². The normalized spacial score (nSPS) is 11.5. The van der Waals surface area contributed by atoms with Gasteiger partial charge >= 0.3 is 17.8 Å². The predicted octanol–water partition coefficient (Wildman–Crippen LogP) is 4.19. The number of rotatable bonds is 7. The van der Waals surface area contributed by atoms with Crippen LogP contribution in [-0.2, 0) is 12.8 Å². The zero-order chi connectivity index (χ0) is 27.1. The highest BCUT2D eigenvalue weighted by molar-refractivity contribution is 7.13. The number of hydrogen-bond acceptors (Lipinski definition) is 7. The second kappa shape index (κ2) is 9.61. The lowest BCUT2D eigenvalue weighted by atomic mass is 10.1. The van der Waals surface area contributed by atoms with Crippen LogP contribution < -0.4 is 25.5 Å². The van der Waals surface area contributed by atoms with Gasteiger partial charge in [0.05, 0.1) is 36.4 Å². The molecule has 0 spiro atoms. The third-order valence-electron chi connectivity index (χ3n) is 5.35. The second-order valence-electron chi connectivity index (χ2n) is 7.46. The molecule has 0 radical (unpaired) electrons. The zero-order valence-electron chi connectivity index (χ0n) is 18.9. The van der Waals surface area contributed by atoms with Gasteiger partial charge in [0, 0.05) is 23.1 Å². The molecular formula is C23H16F4N2O7S. The number of methoxy groups -OCH3 is 2. The van der Waals surface area contributed by atoms with Gasteiger partial charge in [0.15, 0.2) is 17.3 Å². The Morgan fingerprint density at radius 1 is 1.11 bits per heavy atom. The molecule has 0 fully saturated rings. The van der Waals surface area contributed by atoms with Crippen molar-refractivity contribution in [2.75, 3.05) is 14.2 Å². The number of carboxylic acid groups (broad SMARTS) is 1. The van der Waals surface area contributed by atoms with Crippen LogP contribution in [-0.4, -0.2) is 34.8 Å². The van der Waals surface area contributed by atoms with Gasteiger partial charge < -0.3 is 24.3 Å². The van der Waals surface area contributed by atoms with Crippen LogP contribution in [0, 0.1) is 5.82 Å². The van der Waals surface area contributed by atoms with Crippen molar-refractivity contribution >= 4 is 28.2 Å². The summed E-state index contributed by atoms with van der Waals surface area (Å²) < 4.78 is 71.7. The van der Waals surface area contributed by atoms with Gasteiger partial charge in [0.25, 0.3) is 5.56 Å². The molecule has 2 aromatic carbocycles. The Morgan fingerprint density at radius 2 is 1.81 bits per heavy atom. The molecule has 0 atom stereocenters. The number of nitrogens with one attached hydrogen (secondary N) is 1. The summed E-state index contributed by atoms with van der Waals surface area (Å²) in [4.78, 5) is 39.2. The molecule has 14 heteroatoms. The lowest BCUT2D eigenvalue weighted by Gasteiger charge is -2.18. The number of thiophene rings is 1. The van der Waals surface area contributed by atoms with Crippen LogP contribution in [0.3, 0.4) is 0 Å². The van der Waals surface area contributed by atoms with Crippen LogP contribution >= 0.6 is 11.3 Å². The van der Waals surface area contributed by atoms with Gasteiger partial charge in [0.1, 0.15) is 17.2 Å².